The normalized spacial score (nSPS) is 17.0. The molecule has 0 aromatic heterocycles. The van der Waals surface area contributed by atoms with Gasteiger partial charge in [-0.25, -0.2) is 4.79 Å². The van der Waals surface area contributed by atoms with Gasteiger partial charge >= 0.3 is 6.03 Å². The van der Waals surface area contributed by atoms with Crippen molar-refractivity contribution in [1.82, 2.24) is 10.2 Å². The number of hydrogen-bond acceptors (Lipinski definition) is 5. The Morgan fingerprint density at radius 3 is 2.72 bits per heavy atom. The van der Waals surface area contributed by atoms with Crippen molar-refractivity contribution in [1.29, 1.82) is 0 Å². The number of rotatable bonds is 6. The predicted octanol–water partition coefficient (Wildman–Crippen LogP) is 0.670. The molecule has 4 amide bonds. The Hall–Kier alpha value is -2.61. The molecule has 1 aliphatic rings. The maximum atomic E-state index is 13.0. The summed E-state index contributed by atoms with van der Waals surface area (Å²) in [6.45, 7) is 0.523. The molecule has 5 N–H and O–H groups in total. The van der Waals surface area contributed by atoms with Gasteiger partial charge in [0.05, 0.1) is 12.1 Å². The summed E-state index contributed by atoms with van der Waals surface area (Å²) in [5, 5.41) is 14.1. The second-order valence-corrected chi connectivity index (χ2v) is 5.97. The van der Waals surface area contributed by atoms with Gasteiger partial charge < -0.3 is 21.1 Å². The Bertz CT molecular complexity index is 633. The van der Waals surface area contributed by atoms with Crippen molar-refractivity contribution in [2.45, 2.75) is 31.7 Å². The monoisotopic (exact) mass is 348 g/mol. The van der Waals surface area contributed by atoms with E-state index in [2.05, 4.69) is 5.32 Å². The first-order valence-electron chi connectivity index (χ1n) is 8.37. The van der Waals surface area contributed by atoms with Crippen LogP contribution in [0.1, 0.15) is 36.0 Å². The van der Waals surface area contributed by atoms with E-state index < -0.39 is 11.9 Å². The first kappa shape index (κ1) is 18.7. The molecule has 8 nitrogen and oxygen atoms in total. The first-order chi connectivity index (χ1) is 12.0. The Balaban J connectivity index is 2.11. The topological polar surface area (TPSA) is 125 Å². The van der Waals surface area contributed by atoms with Crippen molar-refractivity contribution in [2.75, 3.05) is 25.0 Å². The fourth-order valence-corrected chi connectivity index (χ4v) is 3.05. The smallest absolute Gasteiger partial charge is 0.318 e. The number of piperidine rings is 1. The summed E-state index contributed by atoms with van der Waals surface area (Å²) in [5.41, 5.74) is 5.87. The van der Waals surface area contributed by atoms with Crippen molar-refractivity contribution in [3.8, 4) is 0 Å². The molecule has 1 unspecified atom stereocenters. The average Bonchev–Trinajstić information content (AvgIpc) is 2.60. The third-order valence-corrected chi connectivity index (χ3v) is 4.21. The maximum Gasteiger partial charge on any atom is 0.318 e. The fraction of sp³-hybridized carbons (Fsp3) is 0.471. The van der Waals surface area contributed by atoms with Crippen molar-refractivity contribution >= 4 is 23.5 Å². The number of nitrogens with one attached hydrogen (secondary N) is 2. The molecule has 1 aromatic rings. The molecule has 0 spiro atoms. The van der Waals surface area contributed by atoms with Crippen LogP contribution in [-0.2, 0) is 4.79 Å². The molecule has 1 aromatic carbocycles. The number of para-hydroxylation sites is 1. The second kappa shape index (κ2) is 9.03. The van der Waals surface area contributed by atoms with Crippen molar-refractivity contribution < 1.29 is 19.5 Å². The summed E-state index contributed by atoms with van der Waals surface area (Å²) in [4.78, 5) is 37.0. The van der Waals surface area contributed by atoms with Gasteiger partial charge in [0, 0.05) is 24.9 Å². The number of carbonyl (C=O) groups is 3. The third kappa shape index (κ3) is 5.18. The van der Waals surface area contributed by atoms with E-state index in [0.717, 1.165) is 19.3 Å². The zero-order chi connectivity index (χ0) is 18.2. The van der Waals surface area contributed by atoms with Crippen LogP contribution in [0, 0.1) is 0 Å². The number of likely N-dealkylation sites (tertiary alicyclic amines) is 1. The molecule has 1 fully saturated rings. The number of nitrogens with zero attached hydrogens (tertiary/aromatic N) is 1. The Kier molecular flexibility index (Phi) is 6.76. The number of benzene rings is 1. The van der Waals surface area contributed by atoms with Gasteiger partial charge in [-0.05, 0) is 37.8 Å². The summed E-state index contributed by atoms with van der Waals surface area (Å²) in [7, 11) is 0. The van der Waals surface area contributed by atoms with Crippen LogP contribution in [0.5, 0.6) is 0 Å². The van der Waals surface area contributed by atoms with E-state index in [1.807, 2.05) is 5.32 Å². The van der Waals surface area contributed by atoms with Crippen LogP contribution < -0.4 is 16.4 Å². The Labute approximate surface area is 146 Å². The van der Waals surface area contributed by atoms with Crippen LogP contribution in [0.25, 0.3) is 0 Å². The lowest BCUT2D eigenvalue weighted by Gasteiger charge is -2.36. The van der Waals surface area contributed by atoms with Crippen LogP contribution in [0.4, 0.5) is 10.5 Å². The van der Waals surface area contributed by atoms with Crippen molar-refractivity contribution in [3.63, 3.8) is 0 Å². The highest BCUT2D eigenvalue weighted by Crippen LogP contribution is 2.24. The standard InChI is InChI=1S/C17H24N4O4/c18-17(25)20-15(23)11-19-14-7-2-1-6-13(14)16(24)21-9-4-3-5-12(21)8-10-22/h1-2,6-7,12,19,22H,3-5,8-11H2,(H3,18,20,23,25). The number of urea groups is 1. The number of aliphatic hydroxyl groups is 1. The van der Waals surface area contributed by atoms with Gasteiger partial charge in [-0.3, -0.25) is 14.9 Å². The number of nitrogens with two attached hydrogens (primary N) is 1. The number of anilines is 1. The quantitative estimate of drug-likeness (QED) is 0.601. The molecule has 0 aliphatic carbocycles. The molecule has 0 radical (unpaired) electrons. The summed E-state index contributed by atoms with van der Waals surface area (Å²) < 4.78 is 0. The van der Waals surface area contributed by atoms with Gasteiger partial charge in [0.15, 0.2) is 0 Å². The van der Waals surface area contributed by atoms with Crippen LogP contribution in [0.3, 0.4) is 0 Å². The van der Waals surface area contributed by atoms with Crippen molar-refractivity contribution in [2.24, 2.45) is 5.73 Å². The second-order valence-electron chi connectivity index (χ2n) is 5.97. The zero-order valence-electron chi connectivity index (χ0n) is 14.0. The lowest BCUT2D eigenvalue weighted by atomic mass is 9.98. The molecule has 1 heterocycles. The van der Waals surface area contributed by atoms with Crippen LogP contribution in [-0.4, -0.2) is 53.6 Å². The fourth-order valence-electron chi connectivity index (χ4n) is 3.05. The van der Waals surface area contributed by atoms with E-state index in [4.69, 9.17) is 5.73 Å². The molecule has 1 aliphatic heterocycles. The number of aliphatic hydroxyl groups excluding tert-OH is 1. The number of carbonyl (C=O) groups excluding carboxylic acids is 3. The number of amides is 4. The maximum absolute atomic E-state index is 13.0. The number of imide groups is 1. The number of primary amides is 1. The lowest BCUT2D eigenvalue weighted by Crippen LogP contribution is -2.44. The molecule has 0 saturated carbocycles. The summed E-state index contributed by atoms with van der Waals surface area (Å²) >= 11 is 0. The average molecular weight is 348 g/mol. The summed E-state index contributed by atoms with van der Waals surface area (Å²) in [5.74, 6) is -0.706. The molecular weight excluding hydrogens is 324 g/mol. The van der Waals surface area contributed by atoms with E-state index in [0.29, 0.717) is 24.2 Å². The lowest BCUT2D eigenvalue weighted by molar-refractivity contribution is -0.118. The van der Waals surface area contributed by atoms with Gasteiger partial charge in [0.1, 0.15) is 0 Å². The van der Waals surface area contributed by atoms with E-state index in [1.54, 1.807) is 29.2 Å². The Morgan fingerprint density at radius 1 is 1.24 bits per heavy atom. The predicted molar refractivity (Wildman–Crippen MR) is 93.0 cm³/mol. The molecule has 1 saturated heterocycles. The minimum atomic E-state index is -0.920. The molecular formula is C17H24N4O4. The zero-order valence-corrected chi connectivity index (χ0v) is 14.0. The SMILES string of the molecule is NC(=O)NC(=O)CNc1ccccc1C(=O)N1CCCCC1CCO. The minimum absolute atomic E-state index is 0.0254. The van der Waals surface area contributed by atoms with Crippen LogP contribution in [0.2, 0.25) is 0 Å². The highest BCUT2D eigenvalue weighted by Gasteiger charge is 2.28. The van der Waals surface area contributed by atoms with Gasteiger partial charge in [-0.1, -0.05) is 12.1 Å². The molecule has 8 heteroatoms. The Morgan fingerprint density at radius 2 is 2.00 bits per heavy atom. The summed E-state index contributed by atoms with van der Waals surface area (Å²) in [6.07, 6.45) is 3.41. The van der Waals surface area contributed by atoms with Crippen molar-refractivity contribution in [3.05, 3.63) is 29.8 Å². The largest absolute Gasteiger partial charge is 0.396 e. The molecule has 25 heavy (non-hydrogen) atoms. The minimum Gasteiger partial charge on any atom is -0.396 e. The van der Waals surface area contributed by atoms with E-state index in [9.17, 15) is 19.5 Å². The highest BCUT2D eigenvalue weighted by atomic mass is 16.3. The van der Waals surface area contributed by atoms with Gasteiger partial charge in [0.2, 0.25) is 5.91 Å². The molecule has 2 rings (SSSR count). The van der Waals surface area contributed by atoms with E-state index >= 15 is 0 Å². The van der Waals surface area contributed by atoms with E-state index in [-0.39, 0.29) is 25.1 Å². The third-order valence-electron chi connectivity index (χ3n) is 4.21. The summed E-state index contributed by atoms with van der Waals surface area (Å²) in [6, 6.07) is 6.02. The van der Waals surface area contributed by atoms with Crippen LogP contribution in [0.15, 0.2) is 24.3 Å². The highest BCUT2D eigenvalue weighted by molar-refractivity contribution is 6.01. The van der Waals surface area contributed by atoms with E-state index in [1.165, 1.54) is 0 Å². The van der Waals surface area contributed by atoms with Crippen LogP contribution >= 0.6 is 0 Å². The van der Waals surface area contributed by atoms with Gasteiger partial charge in [-0.15, -0.1) is 0 Å². The molecule has 0 bridgehead atoms. The number of hydrogen-bond donors (Lipinski definition) is 4. The molecule has 1 atom stereocenters. The first-order valence-corrected chi connectivity index (χ1v) is 8.37. The molecule has 136 valence electrons. The van der Waals surface area contributed by atoms with Gasteiger partial charge in [0.25, 0.3) is 5.91 Å². The van der Waals surface area contributed by atoms with Gasteiger partial charge in [-0.2, -0.15) is 0 Å².